The van der Waals surface area contributed by atoms with E-state index in [4.69, 9.17) is 5.14 Å². The Kier molecular flexibility index (Phi) is 4.48. The number of hydrogen-bond acceptors (Lipinski definition) is 3. The first-order chi connectivity index (χ1) is 3.93. The summed E-state index contributed by atoms with van der Waals surface area (Å²) in [6, 6.07) is 5.63. The maximum atomic E-state index is 5.20. The molecule has 0 atom stereocenters. The summed E-state index contributed by atoms with van der Waals surface area (Å²) in [5.41, 5.74) is 0. The van der Waals surface area contributed by atoms with Gasteiger partial charge in [-0.25, -0.2) is 4.98 Å². The first kappa shape index (κ1) is 8.75. The zero-order chi connectivity index (χ0) is 5.82. The van der Waals surface area contributed by atoms with Crippen LogP contribution in [0.1, 0.15) is 0 Å². The Morgan fingerprint density at radius 1 is 1.44 bits per heavy atom. The van der Waals surface area contributed by atoms with Gasteiger partial charge in [0, 0.05) is 6.20 Å². The number of nitrogens with zero attached hydrogens (tertiary/aromatic N) is 1. The van der Waals surface area contributed by atoms with Crippen LogP contribution in [-0.4, -0.2) is 4.98 Å². The van der Waals surface area contributed by atoms with Crippen molar-refractivity contribution in [3.05, 3.63) is 24.4 Å². The quantitative estimate of drug-likeness (QED) is 0.636. The second-order valence-electron chi connectivity index (χ2n) is 1.29. The topological polar surface area (TPSA) is 38.9 Å². The van der Waals surface area contributed by atoms with Crippen molar-refractivity contribution in [2.75, 3.05) is 0 Å². The van der Waals surface area contributed by atoms with Gasteiger partial charge in [-0.2, -0.15) is 0 Å². The van der Waals surface area contributed by atoms with E-state index in [9.17, 15) is 0 Å². The molecule has 4 heteroatoms. The van der Waals surface area contributed by atoms with Crippen molar-refractivity contribution in [3.8, 4) is 0 Å². The molecule has 9 heavy (non-hydrogen) atoms. The highest BCUT2D eigenvalue weighted by Gasteiger charge is 1.83. The fourth-order valence-electron chi connectivity index (χ4n) is 0.417. The zero-order valence-corrected chi connectivity index (χ0v) is 6.28. The van der Waals surface area contributed by atoms with Crippen LogP contribution >= 0.6 is 24.4 Å². The predicted molar refractivity (Wildman–Crippen MR) is 41.5 cm³/mol. The van der Waals surface area contributed by atoms with Crippen molar-refractivity contribution in [2.24, 2.45) is 5.14 Å². The van der Waals surface area contributed by atoms with Gasteiger partial charge < -0.3 is 0 Å². The smallest absolute Gasteiger partial charge is 0.111 e. The third-order valence-corrected chi connectivity index (χ3v) is 1.24. The number of hydrogen-bond donors (Lipinski definition) is 1. The monoisotopic (exact) mass is 162 g/mol. The summed E-state index contributed by atoms with van der Waals surface area (Å²) in [6.45, 7) is 0. The lowest BCUT2D eigenvalue weighted by Gasteiger charge is -1.87. The highest BCUT2D eigenvalue weighted by Crippen LogP contribution is 2.03. The lowest BCUT2D eigenvalue weighted by Crippen LogP contribution is -1.80. The van der Waals surface area contributed by atoms with Crippen molar-refractivity contribution < 1.29 is 0 Å². The van der Waals surface area contributed by atoms with Crippen molar-refractivity contribution in [1.82, 2.24) is 4.98 Å². The van der Waals surface area contributed by atoms with Crippen LogP contribution < -0.4 is 5.14 Å². The van der Waals surface area contributed by atoms with E-state index in [0.29, 0.717) is 0 Å². The van der Waals surface area contributed by atoms with Crippen LogP contribution in [0.2, 0.25) is 0 Å². The molecule has 0 fully saturated rings. The second kappa shape index (κ2) is 4.61. The van der Waals surface area contributed by atoms with E-state index < -0.39 is 0 Å². The fourth-order valence-corrected chi connectivity index (χ4v) is 0.696. The Hall–Kier alpha value is -0.250. The van der Waals surface area contributed by atoms with E-state index in [1.54, 1.807) is 6.20 Å². The van der Waals surface area contributed by atoms with Crippen LogP contribution in [0.25, 0.3) is 0 Å². The number of halogens is 1. The van der Waals surface area contributed by atoms with E-state index in [2.05, 4.69) is 4.98 Å². The van der Waals surface area contributed by atoms with Crippen LogP contribution in [0.15, 0.2) is 29.4 Å². The third kappa shape index (κ3) is 2.70. The molecule has 0 saturated heterocycles. The Balaban J connectivity index is 0.000000640. The largest absolute Gasteiger partial charge is 0.272 e. The van der Waals surface area contributed by atoms with E-state index in [0.717, 1.165) is 17.0 Å². The third-order valence-electron chi connectivity index (χ3n) is 0.759. The van der Waals surface area contributed by atoms with E-state index >= 15 is 0 Å². The van der Waals surface area contributed by atoms with Gasteiger partial charge in [0.2, 0.25) is 0 Å². The summed E-state index contributed by atoms with van der Waals surface area (Å²) in [7, 11) is 0. The molecule has 0 saturated carbocycles. The van der Waals surface area contributed by atoms with Crippen LogP contribution in [0.3, 0.4) is 0 Å². The first-order valence-electron chi connectivity index (χ1n) is 2.21. The Labute approximate surface area is 64.4 Å². The van der Waals surface area contributed by atoms with Gasteiger partial charge in [0.05, 0.1) is 0 Å². The predicted octanol–water partition coefficient (Wildman–Crippen LogP) is 1.47. The van der Waals surface area contributed by atoms with Gasteiger partial charge in [0.25, 0.3) is 0 Å². The first-order valence-corrected chi connectivity index (χ1v) is 3.09. The molecule has 0 aliphatic carbocycles. The molecule has 0 bridgehead atoms. The van der Waals surface area contributed by atoms with Gasteiger partial charge in [-0.1, -0.05) is 6.07 Å². The highest BCUT2D eigenvalue weighted by molar-refractivity contribution is 7.97. The molecule has 1 aromatic heterocycles. The second-order valence-corrected chi connectivity index (χ2v) is 1.94. The molecule has 2 nitrogen and oxygen atoms in total. The molecule has 50 valence electrons. The molecular weight excluding hydrogens is 156 g/mol. The Morgan fingerprint density at radius 2 is 2.22 bits per heavy atom. The molecule has 1 heterocycles. The molecule has 1 rings (SSSR count). The van der Waals surface area contributed by atoms with E-state index in [-0.39, 0.29) is 12.4 Å². The lowest BCUT2D eigenvalue weighted by molar-refractivity contribution is 1.14. The fraction of sp³-hybridized carbons (Fsp3) is 0. The number of pyridine rings is 1. The van der Waals surface area contributed by atoms with Gasteiger partial charge >= 0.3 is 0 Å². The highest BCUT2D eigenvalue weighted by atomic mass is 35.5. The van der Waals surface area contributed by atoms with E-state index in [1.165, 1.54) is 0 Å². The minimum absolute atomic E-state index is 0. The molecule has 0 radical (unpaired) electrons. The van der Waals surface area contributed by atoms with Gasteiger partial charge in [0.1, 0.15) is 5.03 Å². The summed E-state index contributed by atoms with van der Waals surface area (Å²) in [4.78, 5) is 3.94. The molecule has 1 aromatic rings. The number of aromatic nitrogens is 1. The molecule has 0 aromatic carbocycles. The van der Waals surface area contributed by atoms with Crippen molar-refractivity contribution in [1.29, 1.82) is 0 Å². The number of rotatable bonds is 1. The van der Waals surface area contributed by atoms with Gasteiger partial charge in [0.15, 0.2) is 0 Å². The van der Waals surface area contributed by atoms with Crippen LogP contribution in [0.4, 0.5) is 0 Å². The Bertz CT molecular complexity index is 156. The molecular formula is C5H7ClN2S. The molecule has 0 amide bonds. The minimum Gasteiger partial charge on any atom is -0.272 e. The molecule has 0 unspecified atom stereocenters. The summed E-state index contributed by atoms with van der Waals surface area (Å²) in [6.07, 6.45) is 1.72. The average molecular weight is 163 g/mol. The van der Waals surface area contributed by atoms with Gasteiger partial charge in [-0.05, 0) is 24.1 Å². The van der Waals surface area contributed by atoms with Crippen molar-refractivity contribution in [2.45, 2.75) is 5.03 Å². The lowest BCUT2D eigenvalue weighted by atomic mass is 10.5. The normalized spacial score (nSPS) is 8.11. The molecule has 0 spiro atoms. The van der Waals surface area contributed by atoms with Crippen LogP contribution in [0, 0.1) is 0 Å². The summed E-state index contributed by atoms with van der Waals surface area (Å²) in [5.74, 6) is 0. The van der Waals surface area contributed by atoms with Gasteiger partial charge in [-0.3, -0.25) is 5.14 Å². The zero-order valence-electron chi connectivity index (χ0n) is 4.65. The molecule has 0 aliphatic heterocycles. The maximum absolute atomic E-state index is 5.20. The summed E-state index contributed by atoms with van der Waals surface area (Å²) < 4.78 is 0. The van der Waals surface area contributed by atoms with Crippen molar-refractivity contribution in [3.63, 3.8) is 0 Å². The molecule has 2 N–H and O–H groups in total. The summed E-state index contributed by atoms with van der Waals surface area (Å²) in [5, 5.41) is 6.06. The SMILES string of the molecule is Cl.NSc1ccccn1. The Morgan fingerprint density at radius 3 is 2.56 bits per heavy atom. The van der Waals surface area contributed by atoms with E-state index in [1.807, 2.05) is 18.2 Å². The van der Waals surface area contributed by atoms with Crippen LogP contribution in [-0.2, 0) is 0 Å². The molecule has 0 aliphatic rings. The number of nitrogens with two attached hydrogens (primary N) is 1. The maximum Gasteiger partial charge on any atom is 0.111 e. The summed E-state index contributed by atoms with van der Waals surface area (Å²) >= 11 is 1.16. The van der Waals surface area contributed by atoms with Crippen molar-refractivity contribution >= 4 is 24.4 Å². The average Bonchev–Trinajstić information content (AvgIpc) is 1.90. The minimum atomic E-state index is 0. The standard InChI is InChI=1S/C5H6N2S.ClH/c6-8-5-3-1-2-4-7-5;/h1-4H,6H2;1H. The van der Waals surface area contributed by atoms with Crippen LogP contribution in [0.5, 0.6) is 0 Å². The van der Waals surface area contributed by atoms with Gasteiger partial charge in [-0.15, -0.1) is 12.4 Å².